The Morgan fingerprint density at radius 2 is 1.73 bits per heavy atom. The van der Waals surface area contributed by atoms with Crippen LogP contribution in [0, 0.1) is 15.9 Å². The molecule has 9 nitrogen and oxygen atoms in total. The number of benzene rings is 4. The van der Waals surface area contributed by atoms with Crippen molar-refractivity contribution in [2.24, 2.45) is 0 Å². The van der Waals surface area contributed by atoms with Gasteiger partial charge in [-0.1, -0.05) is 42.5 Å². The Morgan fingerprint density at radius 1 is 1.00 bits per heavy atom. The highest BCUT2D eigenvalue weighted by Crippen LogP contribution is 2.37. The van der Waals surface area contributed by atoms with E-state index in [-0.39, 0.29) is 22.9 Å². The van der Waals surface area contributed by atoms with Crippen molar-refractivity contribution in [3.8, 4) is 5.75 Å². The minimum absolute atomic E-state index is 0.0338. The van der Waals surface area contributed by atoms with E-state index in [1.165, 1.54) is 30.3 Å². The molecule has 3 amide bonds. The highest BCUT2D eigenvalue weighted by atomic mass is 32.2. The van der Waals surface area contributed by atoms with Crippen molar-refractivity contribution in [1.82, 2.24) is 4.90 Å². The zero-order chi connectivity index (χ0) is 28.2. The van der Waals surface area contributed by atoms with Crippen LogP contribution in [-0.2, 0) is 16.2 Å². The topological polar surface area (TPSA) is 119 Å². The van der Waals surface area contributed by atoms with E-state index in [1.807, 2.05) is 30.3 Å². The van der Waals surface area contributed by atoms with Gasteiger partial charge in [0.15, 0.2) is 0 Å². The molecule has 0 saturated carbocycles. The predicted octanol–water partition coefficient (Wildman–Crippen LogP) is 6.14. The lowest BCUT2D eigenvalue weighted by Gasteiger charge is -2.14. The fourth-order valence-electron chi connectivity index (χ4n) is 4.09. The molecule has 5 rings (SSSR count). The number of nitro groups is 1. The number of nitrogens with zero attached hydrogens (tertiary/aromatic N) is 2. The summed E-state index contributed by atoms with van der Waals surface area (Å²) in [7, 11) is 0. The summed E-state index contributed by atoms with van der Waals surface area (Å²) in [5.41, 5.74) is 1.17. The summed E-state index contributed by atoms with van der Waals surface area (Å²) < 4.78 is 19.9. The summed E-state index contributed by atoms with van der Waals surface area (Å²) in [5, 5.41) is 14.3. The first kappa shape index (κ1) is 26.6. The van der Waals surface area contributed by atoms with Gasteiger partial charge in [-0.2, -0.15) is 0 Å². The number of nitrogens with one attached hydrogen (secondary N) is 1. The maximum atomic E-state index is 13.9. The summed E-state index contributed by atoms with van der Waals surface area (Å²) in [4.78, 5) is 49.6. The lowest BCUT2D eigenvalue weighted by Crippen LogP contribution is -2.36. The molecule has 4 aromatic rings. The first-order chi connectivity index (χ1) is 19.3. The highest BCUT2D eigenvalue weighted by molar-refractivity contribution is 8.18. The molecule has 4 aromatic carbocycles. The van der Waals surface area contributed by atoms with Crippen molar-refractivity contribution in [1.29, 1.82) is 0 Å². The number of fused-ring (bicyclic) bond motifs is 1. The molecular weight excluding hydrogens is 537 g/mol. The molecule has 1 N–H and O–H groups in total. The zero-order valence-electron chi connectivity index (χ0n) is 20.7. The summed E-state index contributed by atoms with van der Waals surface area (Å²) in [6.07, 6.45) is 1.55. The molecular formula is C29H20FN3O6S. The van der Waals surface area contributed by atoms with E-state index in [2.05, 4.69) is 5.32 Å². The Bertz CT molecular complexity index is 1690. The molecule has 0 unspecified atom stereocenters. The Hall–Kier alpha value is -5.03. The lowest BCUT2D eigenvalue weighted by molar-refractivity contribution is -0.384. The van der Waals surface area contributed by atoms with Gasteiger partial charge >= 0.3 is 0 Å². The van der Waals surface area contributed by atoms with Crippen molar-refractivity contribution >= 4 is 57.0 Å². The number of thioether (sulfide) groups is 1. The van der Waals surface area contributed by atoms with Crippen LogP contribution in [0.3, 0.4) is 0 Å². The fourth-order valence-corrected chi connectivity index (χ4v) is 4.91. The molecule has 0 bridgehead atoms. The van der Waals surface area contributed by atoms with Gasteiger partial charge in [0.25, 0.3) is 16.8 Å². The molecule has 1 heterocycles. The third-order valence-electron chi connectivity index (χ3n) is 6.07. The van der Waals surface area contributed by atoms with Gasteiger partial charge in [0, 0.05) is 17.7 Å². The Balaban J connectivity index is 1.39. The van der Waals surface area contributed by atoms with E-state index < -0.39 is 34.3 Å². The predicted molar refractivity (Wildman–Crippen MR) is 149 cm³/mol. The number of anilines is 1. The molecule has 40 heavy (non-hydrogen) atoms. The minimum Gasteiger partial charge on any atom is -0.488 e. The second-order valence-corrected chi connectivity index (χ2v) is 9.70. The number of non-ortho nitro benzene ring substituents is 1. The molecule has 1 aliphatic rings. The van der Waals surface area contributed by atoms with Crippen molar-refractivity contribution in [3.05, 3.63) is 117 Å². The molecule has 0 spiro atoms. The van der Waals surface area contributed by atoms with E-state index in [0.29, 0.717) is 28.6 Å². The molecule has 0 atom stereocenters. The van der Waals surface area contributed by atoms with Gasteiger partial charge < -0.3 is 10.1 Å². The average molecular weight is 558 g/mol. The number of para-hydroxylation sites is 1. The fraction of sp³-hybridized carbons (Fsp3) is 0.0690. The first-order valence-electron chi connectivity index (χ1n) is 12.0. The molecule has 0 aliphatic carbocycles. The minimum atomic E-state index is -0.717. The molecule has 1 aliphatic heterocycles. The zero-order valence-corrected chi connectivity index (χ0v) is 21.5. The summed E-state index contributed by atoms with van der Waals surface area (Å²) in [6, 6.07) is 22.6. The van der Waals surface area contributed by atoms with E-state index in [9.17, 15) is 28.9 Å². The van der Waals surface area contributed by atoms with Crippen LogP contribution in [-0.4, -0.2) is 33.4 Å². The number of rotatable bonds is 8. The number of ether oxygens (including phenoxy) is 1. The van der Waals surface area contributed by atoms with Gasteiger partial charge in [-0.05, 0) is 64.5 Å². The van der Waals surface area contributed by atoms with Gasteiger partial charge in [0.2, 0.25) is 5.91 Å². The van der Waals surface area contributed by atoms with Crippen LogP contribution in [0.4, 0.5) is 20.6 Å². The molecule has 0 aromatic heterocycles. The number of halogens is 1. The van der Waals surface area contributed by atoms with E-state index in [0.717, 1.165) is 15.7 Å². The Morgan fingerprint density at radius 3 is 2.48 bits per heavy atom. The third kappa shape index (κ3) is 5.69. The largest absolute Gasteiger partial charge is 0.488 e. The summed E-state index contributed by atoms with van der Waals surface area (Å²) in [6.45, 7) is -0.468. The van der Waals surface area contributed by atoms with Gasteiger partial charge in [-0.25, -0.2) is 4.39 Å². The Labute approximate surface area is 231 Å². The second kappa shape index (κ2) is 11.4. The van der Waals surface area contributed by atoms with Crippen LogP contribution < -0.4 is 10.1 Å². The summed E-state index contributed by atoms with van der Waals surface area (Å²) in [5.74, 6) is -1.58. The first-order valence-corrected chi connectivity index (χ1v) is 12.8. The SMILES string of the molecule is O=C(CN1C(=O)S/C(=C\c2c(OCc3ccc([N+](=O)[O-])cc3)ccc3ccccc23)C1=O)Nc1ccccc1F. The van der Waals surface area contributed by atoms with Gasteiger partial charge in [-0.3, -0.25) is 29.4 Å². The molecule has 1 fully saturated rings. The highest BCUT2D eigenvalue weighted by Gasteiger charge is 2.36. The van der Waals surface area contributed by atoms with Crippen molar-refractivity contribution in [2.45, 2.75) is 6.61 Å². The number of hydrogen-bond donors (Lipinski definition) is 1. The standard InChI is InChI=1S/C29H20FN3O6S/c30-23-7-3-4-8-24(23)31-27(34)16-32-28(35)26(40-29(32)36)15-22-21-6-2-1-5-19(21)11-14-25(22)39-17-18-9-12-20(13-10-18)33(37)38/h1-15H,16-17H2,(H,31,34)/b26-15-. The Kier molecular flexibility index (Phi) is 7.56. The van der Waals surface area contributed by atoms with Crippen molar-refractivity contribution in [3.63, 3.8) is 0 Å². The molecule has 1 saturated heterocycles. The van der Waals surface area contributed by atoms with Crippen LogP contribution in [0.1, 0.15) is 11.1 Å². The number of carbonyl (C=O) groups is 3. The monoisotopic (exact) mass is 557 g/mol. The maximum absolute atomic E-state index is 13.9. The quantitative estimate of drug-likeness (QED) is 0.157. The van der Waals surface area contributed by atoms with Crippen LogP contribution in [0.5, 0.6) is 5.75 Å². The smallest absolute Gasteiger partial charge is 0.294 e. The van der Waals surface area contributed by atoms with Crippen LogP contribution in [0.15, 0.2) is 89.8 Å². The van der Waals surface area contributed by atoms with Gasteiger partial charge in [0.1, 0.15) is 24.7 Å². The van der Waals surface area contributed by atoms with Crippen LogP contribution in [0.25, 0.3) is 16.8 Å². The number of carbonyl (C=O) groups excluding carboxylic acids is 3. The van der Waals surface area contributed by atoms with Crippen LogP contribution in [0.2, 0.25) is 0 Å². The van der Waals surface area contributed by atoms with Gasteiger partial charge in [0.05, 0.1) is 15.5 Å². The normalized spacial score (nSPS) is 14.1. The maximum Gasteiger partial charge on any atom is 0.294 e. The van der Waals surface area contributed by atoms with Crippen molar-refractivity contribution in [2.75, 3.05) is 11.9 Å². The number of nitro benzene ring substituents is 1. The van der Waals surface area contributed by atoms with Gasteiger partial charge in [-0.15, -0.1) is 0 Å². The number of hydrogen-bond acceptors (Lipinski definition) is 7. The van der Waals surface area contributed by atoms with E-state index in [4.69, 9.17) is 4.74 Å². The molecule has 11 heteroatoms. The number of imide groups is 1. The third-order valence-corrected chi connectivity index (χ3v) is 6.98. The van der Waals surface area contributed by atoms with Crippen LogP contribution >= 0.6 is 11.8 Å². The molecule has 0 radical (unpaired) electrons. The summed E-state index contributed by atoms with van der Waals surface area (Å²) >= 11 is 0.689. The lowest BCUT2D eigenvalue weighted by atomic mass is 10.0. The molecule has 200 valence electrons. The van der Waals surface area contributed by atoms with E-state index in [1.54, 1.807) is 30.3 Å². The average Bonchev–Trinajstić information content (AvgIpc) is 3.21. The van der Waals surface area contributed by atoms with E-state index >= 15 is 0 Å². The number of amides is 3. The second-order valence-electron chi connectivity index (χ2n) is 8.71. The van der Waals surface area contributed by atoms with Crippen molar-refractivity contribution < 1.29 is 28.4 Å².